The minimum absolute atomic E-state index is 0.917. The molecular weight excluding hydrogens is 496 g/mol. The fourth-order valence-corrected chi connectivity index (χ4v) is 6.74. The van der Waals surface area contributed by atoms with Gasteiger partial charge in [-0.2, -0.15) is 0 Å². The molecule has 0 saturated heterocycles. The first-order valence-corrected chi connectivity index (χ1v) is 14.1. The summed E-state index contributed by atoms with van der Waals surface area (Å²) in [5.74, 6) is 0. The van der Waals surface area contributed by atoms with Crippen LogP contribution >= 0.6 is 0 Å². The Labute approximate surface area is 237 Å². The van der Waals surface area contributed by atoms with E-state index >= 15 is 0 Å². The topological polar surface area (TPSA) is 13.1 Å². The molecule has 0 N–H and O–H groups in total. The average molecular weight is 521 g/mol. The summed E-state index contributed by atoms with van der Waals surface area (Å²) >= 11 is 0. The maximum Gasteiger partial charge on any atom is 0.143 e. The van der Waals surface area contributed by atoms with Gasteiger partial charge in [0.1, 0.15) is 11.2 Å². The fourth-order valence-electron chi connectivity index (χ4n) is 6.74. The molecule has 9 aromatic rings. The summed E-state index contributed by atoms with van der Waals surface area (Å²) in [5.41, 5.74) is 9.08. The van der Waals surface area contributed by atoms with Gasteiger partial charge in [0.05, 0.1) is 0 Å². The first-order chi connectivity index (χ1) is 20.3. The molecule has 0 aliphatic rings. The Kier molecular flexibility index (Phi) is 4.67. The van der Waals surface area contributed by atoms with Gasteiger partial charge in [-0.05, 0) is 78.3 Å². The third kappa shape index (κ3) is 3.30. The van der Waals surface area contributed by atoms with Gasteiger partial charge in [0.15, 0.2) is 0 Å². The van der Waals surface area contributed by atoms with Crippen LogP contribution in [0.2, 0.25) is 0 Å². The molecule has 41 heavy (non-hydrogen) atoms. The predicted octanol–water partition coefficient (Wildman–Crippen LogP) is 11.5. The summed E-state index contributed by atoms with van der Waals surface area (Å²) in [7, 11) is 0. The first-order valence-electron chi connectivity index (χ1n) is 14.1. The van der Waals surface area contributed by atoms with Crippen molar-refractivity contribution >= 4 is 54.3 Å². The number of benzene rings is 8. The lowest BCUT2D eigenvalue weighted by atomic mass is 9.86. The summed E-state index contributed by atoms with van der Waals surface area (Å²) in [4.78, 5) is 0. The van der Waals surface area contributed by atoms with Crippen molar-refractivity contribution in [1.82, 2.24) is 0 Å². The maximum absolute atomic E-state index is 6.46. The van der Waals surface area contributed by atoms with E-state index in [1.807, 2.05) is 6.07 Å². The van der Waals surface area contributed by atoms with E-state index in [4.69, 9.17) is 4.42 Å². The third-order valence-corrected chi connectivity index (χ3v) is 8.62. The Balaban J connectivity index is 1.38. The van der Waals surface area contributed by atoms with Crippen molar-refractivity contribution < 1.29 is 4.42 Å². The summed E-state index contributed by atoms with van der Waals surface area (Å²) < 4.78 is 6.46. The van der Waals surface area contributed by atoms with Crippen LogP contribution in [0.15, 0.2) is 150 Å². The van der Waals surface area contributed by atoms with Crippen molar-refractivity contribution in [3.63, 3.8) is 0 Å². The average Bonchev–Trinajstić information content (AvgIpc) is 3.42. The van der Waals surface area contributed by atoms with Crippen LogP contribution in [0, 0.1) is 0 Å². The maximum atomic E-state index is 6.46. The van der Waals surface area contributed by atoms with E-state index in [1.165, 1.54) is 54.6 Å². The van der Waals surface area contributed by atoms with Crippen molar-refractivity contribution in [3.8, 4) is 33.4 Å². The van der Waals surface area contributed by atoms with Crippen LogP contribution in [-0.2, 0) is 0 Å². The summed E-state index contributed by atoms with van der Waals surface area (Å²) in [6.45, 7) is 0. The molecule has 0 fully saturated rings. The number of fused-ring (bicyclic) bond motifs is 3. The van der Waals surface area contributed by atoms with Gasteiger partial charge < -0.3 is 4.42 Å². The summed E-state index contributed by atoms with van der Waals surface area (Å²) in [5, 5.41) is 10.1. The van der Waals surface area contributed by atoms with Crippen molar-refractivity contribution in [2.75, 3.05) is 0 Å². The van der Waals surface area contributed by atoms with Gasteiger partial charge in [-0.15, -0.1) is 0 Å². The van der Waals surface area contributed by atoms with Gasteiger partial charge in [-0.3, -0.25) is 0 Å². The van der Waals surface area contributed by atoms with Gasteiger partial charge in [0.2, 0.25) is 0 Å². The fraction of sp³-hybridized carbons (Fsp3) is 0. The molecule has 1 aromatic heterocycles. The molecule has 1 heterocycles. The molecule has 1 heteroatoms. The largest absolute Gasteiger partial charge is 0.455 e. The van der Waals surface area contributed by atoms with Gasteiger partial charge in [0, 0.05) is 16.3 Å². The highest BCUT2D eigenvalue weighted by Gasteiger charge is 2.18. The monoisotopic (exact) mass is 520 g/mol. The van der Waals surface area contributed by atoms with Crippen LogP contribution in [0.1, 0.15) is 0 Å². The molecular formula is C40H24O. The third-order valence-electron chi connectivity index (χ3n) is 8.62. The highest BCUT2D eigenvalue weighted by molar-refractivity contribution is 6.28. The molecule has 0 atom stereocenters. The van der Waals surface area contributed by atoms with Crippen LogP contribution in [-0.4, -0.2) is 0 Å². The van der Waals surface area contributed by atoms with E-state index < -0.39 is 0 Å². The minimum Gasteiger partial charge on any atom is -0.455 e. The molecule has 0 aliphatic carbocycles. The highest BCUT2D eigenvalue weighted by Crippen LogP contribution is 2.45. The normalized spacial score (nSPS) is 11.9. The standard InChI is InChI=1S/C40H24O/c1-3-9-25(10-4-1)30-19-17-27-15-16-28-18-20-31(34-22-21-33(30)38(27)39(28)34)29-23-35(26-11-5-2-6-12-26)40-36(24-29)32-13-7-8-14-37(32)41-40/h1-24H. The van der Waals surface area contributed by atoms with Crippen molar-refractivity contribution in [2.45, 2.75) is 0 Å². The Morgan fingerprint density at radius 1 is 0.341 bits per heavy atom. The van der Waals surface area contributed by atoms with Crippen LogP contribution in [0.25, 0.3) is 87.6 Å². The number of para-hydroxylation sites is 1. The van der Waals surface area contributed by atoms with Crippen LogP contribution < -0.4 is 0 Å². The molecule has 0 saturated carbocycles. The first kappa shape index (κ1) is 22.4. The molecule has 0 unspecified atom stereocenters. The zero-order chi connectivity index (χ0) is 26.9. The van der Waals surface area contributed by atoms with Gasteiger partial charge >= 0.3 is 0 Å². The van der Waals surface area contributed by atoms with E-state index in [0.29, 0.717) is 0 Å². The van der Waals surface area contributed by atoms with E-state index in [9.17, 15) is 0 Å². The number of furan rings is 1. The summed E-state index contributed by atoms with van der Waals surface area (Å²) in [6, 6.07) is 52.6. The zero-order valence-electron chi connectivity index (χ0n) is 22.3. The highest BCUT2D eigenvalue weighted by atomic mass is 16.3. The number of rotatable bonds is 3. The van der Waals surface area contributed by atoms with Crippen molar-refractivity contribution in [3.05, 3.63) is 146 Å². The van der Waals surface area contributed by atoms with Crippen LogP contribution in [0.4, 0.5) is 0 Å². The molecule has 0 aliphatic heterocycles. The SMILES string of the molecule is c1ccc(-c2ccc3ccc4ccc(-c5cc(-c6ccccc6)c6oc7ccccc7c6c5)c5ccc2c3c45)cc1. The van der Waals surface area contributed by atoms with Crippen molar-refractivity contribution in [2.24, 2.45) is 0 Å². The molecule has 0 spiro atoms. The smallest absolute Gasteiger partial charge is 0.143 e. The minimum atomic E-state index is 0.917. The van der Waals surface area contributed by atoms with E-state index in [1.54, 1.807) is 0 Å². The molecule has 190 valence electrons. The van der Waals surface area contributed by atoms with E-state index in [2.05, 4.69) is 140 Å². The zero-order valence-corrected chi connectivity index (χ0v) is 22.3. The molecule has 8 aromatic carbocycles. The molecule has 1 nitrogen and oxygen atoms in total. The van der Waals surface area contributed by atoms with E-state index in [0.717, 1.165) is 33.1 Å². The molecule has 9 rings (SSSR count). The van der Waals surface area contributed by atoms with Crippen LogP contribution in [0.3, 0.4) is 0 Å². The lowest BCUT2D eigenvalue weighted by Gasteiger charge is -2.17. The van der Waals surface area contributed by atoms with Gasteiger partial charge in [0.25, 0.3) is 0 Å². The predicted molar refractivity (Wildman–Crippen MR) is 174 cm³/mol. The molecule has 0 bridgehead atoms. The number of hydrogen-bond donors (Lipinski definition) is 0. The lowest BCUT2D eigenvalue weighted by Crippen LogP contribution is -1.90. The van der Waals surface area contributed by atoms with Gasteiger partial charge in [-0.1, -0.05) is 127 Å². The Morgan fingerprint density at radius 3 is 1.54 bits per heavy atom. The Morgan fingerprint density at radius 2 is 0.878 bits per heavy atom. The second-order valence-electron chi connectivity index (χ2n) is 10.9. The summed E-state index contributed by atoms with van der Waals surface area (Å²) in [6.07, 6.45) is 0. The Hall–Kier alpha value is -5.40. The lowest BCUT2D eigenvalue weighted by molar-refractivity contribution is 0.670. The van der Waals surface area contributed by atoms with Crippen molar-refractivity contribution in [1.29, 1.82) is 0 Å². The van der Waals surface area contributed by atoms with E-state index in [-0.39, 0.29) is 0 Å². The van der Waals surface area contributed by atoms with Crippen LogP contribution in [0.5, 0.6) is 0 Å². The second-order valence-corrected chi connectivity index (χ2v) is 10.9. The molecule has 0 amide bonds. The number of hydrogen-bond acceptors (Lipinski definition) is 1. The quantitative estimate of drug-likeness (QED) is 0.211. The van der Waals surface area contributed by atoms with Gasteiger partial charge in [-0.25, -0.2) is 0 Å². The second kappa shape index (κ2) is 8.55. The Bertz CT molecular complexity index is 2400. The molecule has 0 radical (unpaired) electrons.